The maximum Gasteiger partial charge on any atom is 0.414 e. The quantitative estimate of drug-likeness (QED) is 0.232. The topological polar surface area (TPSA) is 138 Å². The van der Waals surface area contributed by atoms with Gasteiger partial charge >= 0.3 is 6.09 Å². The van der Waals surface area contributed by atoms with E-state index in [0.29, 0.717) is 60.0 Å². The monoisotopic (exact) mass is 647 g/mol. The minimum atomic E-state index is -2.14. The van der Waals surface area contributed by atoms with Crippen LogP contribution in [0.5, 0.6) is 0 Å². The number of carbonyl (C=O) groups excluding carboxylic acids is 1. The number of carbonyl (C=O) groups is 1. The molecule has 0 saturated carbocycles. The zero-order valence-corrected chi connectivity index (χ0v) is 30.1. The van der Waals surface area contributed by atoms with Crippen molar-refractivity contribution >= 4 is 31.9 Å². The molecular weight excluding hydrogens is 599 g/mol. The number of benzene rings is 1. The number of aliphatic hydroxyl groups excluding tert-OH is 1. The summed E-state index contributed by atoms with van der Waals surface area (Å²) in [6.07, 6.45) is 1.16. The second-order valence-electron chi connectivity index (χ2n) is 15.4. The number of anilines is 3. The highest BCUT2D eigenvalue weighted by Crippen LogP contribution is 2.47. The second kappa shape index (κ2) is 12.8. The van der Waals surface area contributed by atoms with Crippen molar-refractivity contribution in [3.63, 3.8) is 0 Å². The summed E-state index contributed by atoms with van der Waals surface area (Å²) in [4.78, 5) is 24.4. The molecule has 46 heavy (non-hydrogen) atoms. The van der Waals surface area contributed by atoms with Crippen LogP contribution < -0.4 is 10.2 Å². The summed E-state index contributed by atoms with van der Waals surface area (Å²) in [6, 6.07) is 9.67. The van der Waals surface area contributed by atoms with Gasteiger partial charge in [0.25, 0.3) is 0 Å². The average molecular weight is 648 g/mol. The lowest BCUT2D eigenvalue weighted by molar-refractivity contribution is 0.0575. The van der Waals surface area contributed by atoms with E-state index in [1.54, 1.807) is 34.0 Å². The molecule has 0 radical (unpaired) electrons. The first-order chi connectivity index (χ1) is 21.3. The fraction of sp³-hybridized carbons (Fsp3) is 0.559. The fourth-order valence-corrected chi connectivity index (χ4v) is 6.22. The van der Waals surface area contributed by atoms with Crippen molar-refractivity contribution in [2.24, 2.45) is 5.92 Å². The van der Waals surface area contributed by atoms with Crippen LogP contribution in [0.4, 0.5) is 22.2 Å². The molecule has 0 fully saturated rings. The molecule has 2 N–H and O–H groups in total. The van der Waals surface area contributed by atoms with E-state index in [1.165, 1.54) is 0 Å². The molecule has 0 bridgehead atoms. The fourth-order valence-electron chi connectivity index (χ4n) is 5.11. The lowest BCUT2D eigenvalue weighted by Gasteiger charge is -2.39. The molecule has 1 atom stereocenters. The van der Waals surface area contributed by atoms with Crippen LogP contribution in [0.25, 0.3) is 11.3 Å². The van der Waals surface area contributed by atoms with Crippen LogP contribution in [0.15, 0.2) is 30.5 Å². The Morgan fingerprint density at radius 3 is 2.48 bits per heavy atom. The van der Waals surface area contributed by atoms with Gasteiger partial charge < -0.3 is 19.6 Å². The van der Waals surface area contributed by atoms with E-state index >= 15 is 0 Å². The highest BCUT2D eigenvalue weighted by Gasteiger charge is 2.47. The number of fused-ring (bicyclic) bond motifs is 1. The van der Waals surface area contributed by atoms with Gasteiger partial charge in [0, 0.05) is 42.9 Å². The minimum absolute atomic E-state index is 0.00214. The third-order valence-corrected chi connectivity index (χ3v) is 13.0. The maximum absolute atomic E-state index is 13.5. The smallest absolute Gasteiger partial charge is 0.414 e. The van der Waals surface area contributed by atoms with Crippen molar-refractivity contribution < 1.29 is 19.1 Å². The number of nitrogens with one attached hydrogen (secondary N) is 1. The van der Waals surface area contributed by atoms with E-state index in [2.05, 4.69) is 76.1 Å². The van der Waals surface area contributed by atoms with Crippen LogP contribution in [0.1, 0.15) is 79.1 Å². The Morgan fingerprint density at radius 2 is 1.89 bits per heavy atom. The predicted octanol–water partition coefficient (Wildman–Crippen LogP) is 7.14. The van der Waals surface area contributed by atoms with E-state index < -0.39 is 25.4 Å². The summed E-state index contributed by atoms with van der Waals surface area (Å²) >= 11 is 0. The van der Waals surface area contributed by atoms with Crippen LogP contribution in [0.2, 0.25) is 18.1 Å². The first-order valence-electron chi connectivity index (χ1n) is 15.8. The van der Waals surface area contributed by atoms with Crippen molar-refractivity contribution in [3.8, 4) is 17.3 Å². The number of amides is 1. The molecule has 4 rings (SSSR count). The first kappa shape index (κ1) is 35.1. The van der Waals surface area contributed by atoms with Crippen LogP contribution in [0.3, 0.4) is 0 Å². The van der Waals surface area contributed by atoms with Gasteiger partial charge in [0.1, 0.15) is 17.5 Å². The average Bonchev–Trinajstić information content (AvgIpc) is 3.47. The van der Waals surface area contributed by atoms with Crippen molar-refractivity contribution in [1.82, 2.24) is 19.7 Å². The number of rotatable bonds is 9. The van der Waals surface area contributed by atoms with Gasteiger partial charge in [0.2, 0.25) is 5.95 Å². The molecule has 0 aliphatic carbocycles. The molecule has 2 aromatic heterocycles. The van der Waals surface area contributed by atoms with E-state index in [-0.39, 0.29) is 11.6 Å². The molecule has 1 aliphatic rings. The van der Waals surface area contributed by atoms with Crippen LogP contribution in [0, 0.1) is 17.2 Å². The van der Waals surface area contributed by atoms with Crippen LogP contribution in [-0.2, 0) is 27.7 Å². The highest BCUT2D eigenvalue weighted by atomic mass is 28.4. The van der Waals surface area contributed by atoms with Gasteiger partial charge in [0.05, 0.1) is 29.2 Å². The van der Waals surface area contributed by atoms with Gasteiger partial charge in [-0.2, -0.15) is 10.4 Å². The van der Waals surface area contributed by atoms with Gasteiger partial charge in [0.15, 0.2) is 8.32 Å². The van der Waals surface area contributed by atoms with E-state index in [1.807, 2.05) is 26.8 Å². The summed E-state index contributed by atoms with van der Waals surface area (Å²) in [7, 11) is -2.14. The Bertz CT molecular complexity index is 1630. The summed E-state index contributed by atoms with van der Waals surface area (Å²) in [6.45, 7) is 23.9. The molecule has 0 spiro atoms. The normalized spacial score (nSPS) is 16.8. The number of hydrogen-bond acceptors (Lipinski definition) is 9. The molecular formula is C34H49N7O4Si. The maximum atomic E-state index is 13.5. The zero-order chi connectivity index (χ0) is 34.2. The molecule has 3 heterocycles. The number of ether oxygens (including phenoxy) is 1. The third-order valence-electron chi connectivity index (χ3n) is 8.55. The Kier molecular flexibility index (Phi) is 9.74. The van der Waals surface area contributed by atoms with Gasteiger partial charge in [-0.05, 0) is 68.6 Å². The Hall–Kier alpha value is -3.79. The number of nitrogens with zero attached hydrogens (tertiary/aromatic N) is 6. The number of aromatic nitrogens is 4. The Morgan fingerprint density at radius 1 is 1.20 bits per heavy atom. The van der Waals surface area contributed by atoms with Gasteiger partial charge in [-0.25, -0.2) is 19.4 Å². The van der Waals surface area contributed by atoms with Crippen molar-refractivity contribution in [1.29, 1.82) is 5.26 Å². The van der Waals surface area contributed by atoms with Crippen LogP contribution >= 0.6 is 0 Å². The minimum Gasteiger partial charge on any atom is -0.443 e. The summed E-state index contributed by atoms with van der Waals surface area (Å²) in [5, 5.41) is 27.8. The summed E-state index contributed by atoms with van der Waals surface area (Å²) in [5.74, 6) is 1.36. The Labute approximate surface area is 274 Å². The van der Waals surface area contributed by atoms with Crippen molar-refractivity contribution in [2.75, 3.05) is 23.4 Å². The highest BCUT2D eigenvalue weighted by molar-refractivity contribution is 6.74. The molecule has 248 valence electrons. The standard InChI is InChI=1S/C34H49N7O4Si/c1-22(2)18-41-28(16-25(19-42)39-41)38-30-36-13-12-27(37-30)23-14-24(17-35)29-26(15-23)34(9,21-44-46(10,11)33(6,7)8)20-40(29)31(43)45-32(3,4)5/h12-16,22,42H,18-21H2,1-11H3,(H,36,37,38)/t34-/m1/s1. The lowest BCUT2D eigenvalue weighted by atomic mass is 9.83. The van der Waals surface area contributed by atoms with Gasteiger partial charge in [-0.1, -0.05) is 41.5 Å². The summed E-state index contributed by atoms with van der Waals surface area (Å²) in [5.41, 5.74) is 2.30. The van der Waals surface area contributed by atoms with Crippen molar-refractivity contribution in [2.45, 2.75) is 105 Å². The lowest BCUT2D eigenvalue weighted by Crippen LogP contribution is -2.46. The van der Waals surface area contributed by atoms with Crippen LogP contribution in [-0.4, -0.2) is 58.0 Å². The predicted molar refractivity (Wildman–Crippen MR) is 183 cm³/mol. The van der Waals surface area contributed by atoms with E-state index in [0.717, 1.165) is 11.1 Å². The molecule has 1 amide bonds. The Balaban J connectivity index is 1.78. The first-order valence-corrected chi connectivity index (χ1v) is 18.7. The van der Waals surface area contributed by atoms with Crippen molar-refractivity contribution in [3.05, 3.63) is 47.3 Å². The molecule has 11 nitrogen and oxygen atoms in total. The summed E-state index contributed by atoms with van der Waals surface area (Å²) < 4.78 is 14.3. The zero-order valence-electron chi connectivity index (χ0n) is 29.1. The van der Waals surface area contributed by atoms with Gasteiger partial charge in [-0.15, -0.1) is 0 Å². The van der Waals surface area contributed by atoms with Gasteiger partial charge in [-0.3, -0.25) is 4.90 Å². The molecule has 12 heteroatoms. The molecule has 0 saturated heterocycles. The molecule has 1 aromatic carbocycles. The largest absolute Gasteiger partial charge is 0.443 e. The number of hydrogen-bond donors (Lipinski definition) is 2. The number of nitriles is 1. The molecule has 3 aromatic rings. The SMILES string of the molecule is CC(C)Cn1nc(CO)cc1Nc1nccc(-c2cc(C#N)c3c(c2)[C@@](C)(CO[Si](C)(C)C(C)(C)C)CN3C(=O)OC(C)(C)C)n1. The molecule has 1 aliphatic heterocycles. The third kappa shape index (κ3) is 7.60. The number of aliphatic hydroxyl groups is 1. The van der Waals surface area contributed by atoms with E-state index in [4.69, 9.17) is 14.1 Å². The van der Waals surface area contributed by atoms with E-state index in [9.17, 15) is 15.2 Å². The molecule has 0 unspecified atom stereocenters. The second-order valence-corrected chi connectivity index (χ2v) is 20.2.